The van der Waals surface area contributed by atoms with Crippen molar-refractivity contribution in [2.45, 2.75) is 32.2 Å². The van der Waals surface area contributed by atoms with Crippen LogP contribution in [0.2, 0.25) is 0 Å². The molecule has 0 aliphatic carbocycles. The summed E-state index contributed by atoms with van der Waals surface area (Å²) in [6.07, 6.45) is 5.10. The summed E-state index contributed by atoms with van der Waals surface area (Å²) in [5, 5.41) is 11.1. The number of amides is 1. The van der Waals surface area contributed by atoms with Gasteiger partial charge in [0.15, 0.2) is 0 Å². The molecule has 0 aliphatic heterocycles. The molecule has 0 saturated carbocycles. The van der Waals surface area contributed by atoms with Gasteiger partial charge in [-0.2, -0.15) is 0 Å². The highest BCUT2D eigenvalue weighted by molar-refractivity contribution is 5.75. The second kappa shape index (κ2) is 8.02. The van der Waals surface area contributed by atoms with Crippen molar-refractivity contribution in [2.24, 2.45) is 0 Å². The molecule has 1 aromatic heterocycles. The highest BCUT2D eigenvalue weighted by Crippen LogP contribution is 1.98. The van der Waals surface area contributed by atoms with E-state index in [1.807, 2.05) is 0 Å². The van der Waals surface area contributed by atoms with Crippen molar-refractivity contribution in [3.8, 4) is 0 Å². The van der Waals surface area contributed by atoms with Crippen LogP contribution in [0.15, 0.2) is 23.3 Å². The van der Waals surface area contributed by atoms with Gasteiger partial charge < -0.3 is 10.4 Å². The van der Waals surface area contributed by atoms with Gasteiger partial charge in [0.1, 0.15) is 6.54 Å². The highest BCUT2D eigenvalue weighted by atomic mass is 16.4. The number of hydrogen-bond donors (Lipinski definition) is 2. The molecule has 0 atom stereocenters. The summed E-state index contributed by atoms with van der Waals surface area (Å²) < 4.78 is 1.22. The summed E-state index contributed by atoms with van der Waals surface area (Å²) in [6.45, 7) is 0.426. The van der Waals surface area contributed by atoms with Crippen LogP contribution in [0.1, 0.15) is 25.7 Å². The van der Waals surface area contributed by atoms with Crippen LogP contribution >= 0.6 is 0 Å². The molecule has 0 spiro atoms. The van der Waals surface area contributed by atoms with Crippen LogP contribution in [0.25, 0.3) is 0 Å². The molecule has 104 valence electrons. The zero-order valence-corrected chi connectivity index (χ0v) is 10.5. The Labute approximate surface area is 110 Å². The summed E-state index contributed by atoms with van der Waals surface area (Å²) in [5.41, 5.74) is -0.459. The average molecular weight is 267 g/mol. The lowest BCUT2D eigenvalue weighted by Crippen LogP contribution is -2.33. The average Bonchev–Trinajstić information content (AvgIpc) is 2.36. The minimum absolute atomic E-state index is 0.0538. The number of carboxylic acid groups (broad SMARTS) is 1. The number of carboxylic acids is 1. The van der Waals surface area contributed by atoms with Gasteiger partial charge in [-0.25, -0.2) is 9.78 Å². The molecule has 2 N–H and O–H groups in total. The largest absolute Gasteiger partial charge is 0.481 e. The molecule has 0 saturated heterocycles. The van der Waals surface area contributed by atoms with Gasteiger partial charge in [-0.15, -0.1) is 0 Å². The SMILES string of the molecule is O=C(O)CCCCCNC(=O)Cn1cccnc1=O. The van der Waals surface area contributed by atoms with E-state index in [4.69, 9.17) is 5.11 Å². The van der Waals surface area contributed by atoms with Crippen LogP contribution in [0.5, 0.6) is 0 Å². The lowest BCUT2D eigenvalue weighted by Gasteiger charge is -2.06. The van der Waals surface area contributed by atoms with Crippen LogP contribution < -0.4 is 11.0 Å². The van der Waals surface area contributed by atoms with E-state index >= 15 is 0 Å². The highest BCUT2D eigenvalue weighted by Gasteiger charge is 2.03. The third kappa shape index (κ3) is 6.35. The number of rotatable bonds is 8. The van der Waals surface area contributed by atoms with Gasteiger partial charge in [-0.3, -0.25) is 14.2 Å². The minimum Gasteiger partial charge on any atom is -0.481 e. The molecule has 1 heterocycles. The Morgan fingerprint density at radius 1 is 1.32 bits per heavy atom. The molecular formula is C12H17N3O4. The van der Waals surface area contributed by atoms with Gasteiger partial charge in [0.2, 0.25) is 5.91 Å². The molecule has 1 rings (SSSR count). The maximum atomic E-state index is 11.5. The number of aromatic nitrogens is 2. The van der Waals surface area contributed by atoms with Crippen LogP contribution in [0, 0.1) is 0 Å². The summed E-state index contributed by atoms with van der Waals surface area (Å²) in [6, 6.07) is 1.58. The van der Waals surface area contributed by atoms with E-state index in [9.17, 15) is 14.4 Å². The predicted molar refractivity (Wildman–Crippen MR) is 67.6 cm³/mol. The third-order valence-electron chi connectivity index (χ3n) is 2.49. The van der Waals surface area contributed by atoms with E-state index in [1.54, 1.807) is 6.07 Å². The molecule has 0 unspecified atom stereocenters. The quantitative estimate of drug-likeness (QED) is 0.646. The van der Waals surface area contributed by atoms with Crippen molar-refractivity contribution in [1.82, 2.24) is 14.9 Å². The predicted octanol–water partition coefficient (Wildman–Crippen LogP) is 0.00450. The molecule has 19 heavy (non-hydrogen) atoms. The maximum Gasteiger partial charge on any atom is 0.347 e. The van der Waals surface area contributed by atoms with Gasteiger partial charge in [0, 0.05) is 25.4 Å². The Morgan fingerprint density at radius 3 is 2.79 bits per heavy atom. The Morgan fingerprint density at radius 2 is 2.11 bits per heavy atom. The maximum absolute atomic E-state index is 11.5. The summed E-state index contributed by atoms with van der Waals surface area (Å²) in [4.78, 5) is 36.6. The van der Waals surface area contributed by atoms with Crippen molar-refractivity contribution in [1.29, 1.82) is 0 Å². The smallest absolute Gasteiger partial charge is 0.347 e. The van der Waals surface area contributed by atoms with E-state index in [0.29, 0.717) is 13.0 Å². The fraction of sp³-hybridized carbons (Fsp3) is 0.500. The molecule has 7 nitrogen and oxygen atoms in total. The van der Waals surface area contributed by atoms with Gasteiger partial charge in [-0.05, 0) is 18.9 Å². The van der Waals surface area contributed by atoms with Crippen LogP contribution in [-0.2, 0) is 16.1 Å². The standard InChI is InChI=1S/C12H17N3O4/c16-10(9-15-8-4-7-14-12(15)19)13-6-3-1-2-5-11(17)18/h4,7-8H,1-3,5-6,9H2,(H,13,16)(H,17,18). The van der Waals surface area contributed by atoms with Crippen molar-refractivity contribution < 1.29 is 14.7 Å². The Bertz CT molecular complexity index is 484. The first-order valence-electron chi connectivity index (χ1n) is 6.09. The topological polar surface area (TPSA) is 101 Å². The molecule has 0 aliphatic rings. The second-order valence-corrected chi connectivity index (χ2v) is 4.08. The number of carbonyl (C=O) groups is 2. The fourth-order valence-corrected chi connectivity index (χ4v) is 1.52. The second-order valence-electron chi connectivity index (χ2n) is 4.08. The van der Waals surface area contributed by atoms with E-state index in [1.165, 1.54) is 17.0 Å². The van der Waals surface area contributed by atoms with E-state index in [2.05, 4.69) is 10.3 Å². The van der Waals surface area contributed by atoms with Gasteiger partial charge in [-0.1, -0.05) is 6.42 Å². The molecule has 0 aromatic carbocycles. The number of nitrogens with one attached hydrogen (secondary N) is 1. The zero-order valence-electron chi connectivity index (χ0n) is 10.5. The number of aliphatic carboxylic acids is 1. The Balaban J connectivity index is 2.17. The first kappa shape index (κ1) is 14.9. The first-order valence-corrected chi connectivity index (χ1v) is 6.09. The van der Waals surface area contributed by atoms with Crippen LogP contribution in [0.4, 0.5) is 0 Å². The number of nitrogens with zero attached hydrogens (tertiary/aromatic N) is 2. The van der Waals surface area contributed by atoms with Gasteiger partial charge >= 0.3 is 11.7 Å². The van der Waals surface area contributed by atoms with Gasteiger partial charge in [0.05, 0.1) is 0 Å². The molecule has 0 bridgehead atoms. The van der Waals surface area contributed by atoms with Crippen molar-refractivity contribution in [3.63, 3.8) is 0 Å². The molecule has 0 radical (unpaired) electrons. The number of hydrogen-bond acceptors (Lipinski definition) is 4. The molecule has 1 amide bonds. The van der Waals surface area contributed by atoms with E-state index < -0.39 is 11.7 Å². The third-order valence-corrected chi connectivity index (χ3v) is 2.49. The zero-order chi connectivity index (χ0) is 14.1. The van der Waals surface area contributed by atoms with E-state index in [0.717, 1.165) is 12.8 Å². The lowest BCUT2D eigenvalue weighted by atomic mass is 10.2. The lowest BCUT2D eigenvalue weighted by molar-refractivity contribution is -0.137. The molecular weight excluding hydrogens is 250 g/mol. The molecule has 1 aromatic rings. The molecule has 7 heteroatoms. The molecule has 0 fully saturated rings. The van der Waals surface area contributed by atoms with Crippen LogP contribution in [-0.4, -0.2) is 33.1 Å². The van der Waals surface area contributed by atoms with Crippen molar-refractivity contribution in [3.05, 3.63) is 28.9 Å². The van der Waals surface area contributed by atoms with E-state index in [-0.39, 0.29) is 18.9 Å². The van der Waals surface area contributed by atoms with Crippen LogP contribution in [0.3, 0.4) is 0 Å². The number of carbonyl (C=O) groups excluding carboxylic acids is 1. The summed E-state index contributed by atoms with van der Waals surface area (Å²) in [7, 11) is 0. The Kier molecular flexibility index (Phi) is 6.28. The first-order chi connectivity index (χ1) is 9.09. The number of unbranched alkanes of at least 4 members (excludes halogenated alkanes) is 2. The monoisotopic (exact) mass is 267 g/mol. The Hall–Kier alpha value is -2.18. The summed E-state index contributed by atoms with van der Waals surface area (Å²) in [5.74, 6) is -1.06. The van der Waals surface area contributed by atoms with Gasteiger partial charge in [0.25, 0.3) is 0 Å². The van der Waals surface area contributed by atoms with Crippen molar-refractivity contribution >= 4 is 11.9 Å². The summed E-state index contributed by atoms with van der Waals surface area (Å²) >= 11 is 0. The fourth-order valence-electron chi connectivity index (χ4n) is 1.52. The van der Waals surface area contributed by atoms with Crippen molar-refractivity contribution in [2.75, 3.05) is 6.54 Å². The normalized spacial score (nSPS) is 10.1. The minimum atomic E-state index is -0.806.